The minimum Gasteiger partial charge on any atom is -0.480 e. The first-order chi connectivity index (χ1) is 11.7. The van der Waals surface area contributed by atoms with E-state index in [0.717, 1.165) is 17.7 Å². The number of rotatable bonds is 5. The van der Waals surface area contributed by atoms with E-state index in [-0.39, 0.29) is 6.42 Å². The summed E-state index contributed by atoms with van der Waals surface area (Å²) in [5.74, 6) is -2.40. The van der Waals surface area contributed by atoms with Gasteiger partial charge in [0, 0.05) is 6.42 Å². The van der Waals surface area contributed by atoms with Gasteiger partial charge in [-0.1, -0.05) is 42.0 Å². The van der Waals surface area contributed by atoms with Gasteiger partial charge in [0.25, 0.3) is 5.91 Å². The third kappa shape index (κ3) is 4.82. The van der Waals surface area contributed by atoms with E-state index in [1.54, 1.807) is 18.2 Å². The number of alkyl halides is 3. The van der Waals surface area contributed by atoms with Crippen LogP contribution in [0.4, 0.5) is 13.2 Å². The van der Waals surface area contributed by atoms with Crippen LogP contribution in [0.1, 0.15) is 27.0 Å². The minimum atomic E-state index is -4.71. The number of hydrogen-bond acceptors (Lipinski definition) is 2. The molecule has 1 amide bonds. The van der Waals surface area contributed by atoms with Gasteiger partial charge in [0.05, 0.1) is 11.1 Å². The van der Waals surface area contributed by atoms with E-state index in [1.807, 2.05) is 13.0 Å². The number of aliphatic carboxylic acids is 1. The summed E-state index contributed by atoms with van der Waals surface area (Å²) in [5, 5.41) is 11.5. The highest BCUT2D eigenvalue weighted by atomic mass is 19.4. The predicted octanol–water partition coefficient (Wildman–Crippen LogP) is 3.44. The zero-order valence-electron chi connectivity index (χ0n) is 13.3. The Labute approximate surface area is 142 Å². The maximum atomic E-state index is 13.0. The lowest BCUT2D eigenvalue weighted by Gasteiger charge is -2.17. The Hall–Kier alpha value is -2.83. The SMILES string of the molecule is Cc1cccc(C[C@@H](NC(=O)c2ccccc2C(F)(F)F)C(=O)O)c1. The molecule has 0 heterocycles. The van der Waals surface area contributed by atoms with Crippen molar-refractivity contribution in [1.29, 1.82) is 0 Å². The van der Waals surface area contributed by atoms with Crippen molar-refractivity contribution >= 4 is 11.9 Å². The molecular formula is C18H16F3NO3. The molecule has 2 rings (SSSR count). The monoisotopic (exact) mass is 351 g/mol. The Morgan fingerprint density at radius 3 is 2.40 bits per heavy atom. The van der Waals surface area contributed by atoms with Crippen molar-refractivity contribution in [2.45, 2.75) is 25.6 Å². The minimum absolute atomic E-state index is 0.0308. The molecule has 0 fully saturated rings. The highest BCUT2D eigenvalue weighted by Crippen LogP contribution is 2.31. The largest absolute Gasteiger partial charge is 0.480 e. The van der Waals surface area contributed by atoms with Crippen LogP contribution in [0.2, 0.25) is 0 Å². The number of halogens is 3. The maximum absolute atomic E-state index is 13.0. The van der Waals surface area contributed by atoms with Gasteiger partial charge in [0.2, 0.25) is 0 Å². The van der Waals surface area contributed by atoms with Crippen molar-refractivity contribution in [2.75, 3.05) is 0 Å². The normalized spacial score (nSPS) is 12.5. The number of carboxylic acid groups (broad SMARTS) is 1. The molecule has 0 saturated heterocycles. The van der Waals surface area contributed by atoms with Crippen LogP contribution >= 0.6 is 0 Å². The van der Waals surface area contributed by atoms with E-state index in [9.17, 15) is 27.9 Å². The Bertz CT molecular complexity index is 787. The second kappa shape index (κ2) is 7.38. The van der Waals surface area contributed by atoms with E-state index < -0.39 is 35.2 Å². The quantitative estimate of drug-likeness (QED) is 0.867. The van der Waals surface area contributed by atoms with Gasteiger partial charge in [-0.25, -0.2) is 4.79 Å². The fraction of sp³-hybridized carbons (Fsp3) is 0.222. The number of carbonyl (C=O) groups excluding carboxylic acids is 1. The van der Waals surface area contributed by atoms with Crippen molar-refractivity contribution in [3.63, 3.8) is 0 Å². The van der Waals surface area contributed by atoms with Gasteiger partial charge in [-0.05, 0) is 24.6 Å². The van der Waals surface area contributed by atoms with E-state index >= 15 is 0 Å². The zero-order chi connectivity index (χ0) is 18.6. The van der Waals surface area contributed by atoms with E-state index in [2.05, 4.69) is 5.32 Å². The fourth-order valence-electron chi connectivity index (χ4n) is 2.44. The summed E-state index contributed by atoms with van der Waals surface area (Å²) in [6.45, 7) is 1.83. The van der Waals surface area contributed by atoms with Crippen molar-refractivity contribution < 1.29 is 27.9 Å². The van der Waals surface area contributed by atoms with Crippen molar-refractivity contribution in [2.24, 2.45) is 0 Å². The lowest BCUT2D eigenvalue weighted by Crippen LogP contribution is -2.42. The molecule has 25 heavy (non-hydrogen) atoms. The number of carboxylic acids is 1. The molecule has 2 aromatic carbocycles. The molecule has 4 nitrogen and oxygen atoms in total. The molecule has 0 spiro atoms. The first kappa shape index (κ1) is 18.5. The van der Waals surface area contributed by atoms with Gasteiger partial charge in [0.15, 0.2) is 0 Å². The van der Waals surface area contributed by atoms with Gasteiger partial charge in [-0.2, -0.15) is 13.2 Å². The van der Waals surface area contributed by atoms with Crippen LogP contribution in [-0.2, 0) is 17.4 Å². The lowest BCUT2D eigenvalue weighted by atomic mass is 10.0. The Kier molecular flexibility index (Phi) is 5.46. The average Bonchev–Trinajstić information content (AvgIpc) is 2.53. The summed E-state index contributed by atoms with van der Waals surface area (Å²) < 4.78 is 39.0. The van der Waals surface area contributed by atoms with Crippen molar-refractivity contribution in [1.82, 2.24) is 5.32 Å². The van der Waals surface area contributed by atoms with E-state index in [1.165, 1.54) is 12.1 Å². The Morgan fingerprint density at radius 1 is 1.12 bits per heavy atom. The third-order valence-corrected chi connectivity index (χ3v) is 3.60. The molecule has 1 atom stereocenters. The Morgan fingerprint density at radius 2 is 1.80 bits per heavy atom. The highest BCUT2D eigenvalue weighted by molar-refractivity contribution is 5.98. The standard InChI is InChI=1S/C18H16F3NO3/c1-11-5-4-6-12(9-11)10-15(17(24)25)22-16(23)13-7-2-3-8-14(13)18(19,20)21/h2-9,15H,10H2,1H3,(H,22,23)(H,24,25)/t15-/m1/s1. The summed E-state index contributed by atoms with van der Waals surface area (Å²) in [6.07, 6.45) is -4.74. The van der Waals surface area contributed by atoms with Crippen LogP contribution in [0.15, 0.2) is 48.5 Å². The molecule has 2 N–H and O–H groups in total. The topological polar surface area (TPSA) is 66.4 Å². The van der Waals surface area contributed by atoms with E-state index in [0.29, 0.717) is 5.56 Å². The van der Waals surface area contributed by atoms with Crippen LogP contribution in [0.5, 0.6) is 0 Å². The van der Waals surface area contributed by atoms with Crippen LogP contribution in [-0.4, -0.2) is 23.0 Å². The first-order valence-electron chi connectivity index (χ1n) is 7.44. The van der Waals surface area contributed by atoms with Gasteiger partial charge in [-0.3, -0.25) is 4.79 Å². The van der Waals surface area contributed by atoms with Crippen molar-refractivity contribution in [3.8, 4) is 0 Å². The zero-order valence-corrected chi connectivity index (χ0v) is 13.3. The number of aryl methyl sites for hydroxylation is 1. The third-order valence-electron chi connectivity index (χ3n) is 3.60. The highest BCUT2D eigenvalue weighted by Gasteiger charge is 2.35. The fourth-order valence-corrected chi connectivity index (χ4v) is 2.44. The van der Waals surface area contributed by atoms with Crippen LogP contribution in [0.25, 0.3) is 0 Å². The maximum Gasteiger partial charge on any atom is 0.417 e. The average molecular weight is 351 g/mol. The molecule has 0 aliphatic rings. The van der Waals surface area contributed by atoms with Gasteiger partial charge in [-0.15, -0.1) is 0 Å². The molecule has 132 valence electrons. The molecule has 0 aromatic heterocycles. The second-order valence-electron chi connectivity index (χ2n) is 5.60. The molecule has 0 aliphatic carbocycles. The summed E-state index contributed by atoms with van der Waals surface area (Å²) in [4.78, 5) is 23.6. The van der Waals surface area contributed by atoms with Gasteiger partial charge in [0.1, 0.15) is 6.04 Å². The lowest BCUT2D eigenvalue weighted by molar-refractivity contribution is -0.139. The van der Waals surface area contributed by atoms with Gasteiger partial charge < -0.3 is 10.4 Å². The van der Waals surface area contributed by atoms with Crippen LogP contribution < -0.4 is 5.32 Å². The predicted molar refractivity (Wildman–Crippen MR) is 85.2 cm³/mol. The number of amides is 1. The summed E-state index contributed by atoms with van der Waals surface area (Å²) in [6, 6.07) is 9.94. The van der Waals surface area contributed by atoms with E-state index in [4.69, 9.17) is 0 Å². The summed E-state index contributed by atoms with van der Waals surface area (Å²) >= 11 is 0. The molecule has 2 aromatic rings. The molecule has 7 heteroatoms. The second-order valence-corrected chi connectivity index (χ2v) is 5.60. The Balaban J connectivity index is 2.23. The number of hydrogen-bond donors (Lipinski definition) is 2. The summed E-state index contributed by atoms with van der Waals surface area (Å²) in [7, 11) is 0. The number of carbonyl (C=O) groups is 2. The van der Waals surface area contributed by atoms with Crippen molar-refractivity contribution in [3.05, 3.63) is 70.8 Å². The number of nitrogens with one attached hydrogen (secondary N) is 1. The summed E-state index contributed by atoms with van der Waals surface area (Å²) in [5.41, 5.74) is -0.134. The first-order valence-corrected chi connectivity index (χ1v) is 7.44. The van der Waals surface area contributed by atoms with Crippen LogP contribution in [0, 0.1) is 6.92 Å². The number of benzene rings is 2. The molecule has 0 saturated carbocycles. The smallest absolute Gasteiger partial charge is 0.417 e. The molecular weight excluding hydrogens is 335 g/mol. The molecule has 0 bridgehead atoms. The molecule has 0 radical (unpaired) electrons. The molecule has 0 unspecified atom stereocenters. The van der Waals surface area contributed by atoms with Crippen LogP contribution in [0.3, 0.4) is 0 Å². The molecule has 0 aliphatic heterocycles. The van der Waals surface area contributed by atoms with Gasteiger partial charge >= 0.3 is 12.1 Å².